The molecule has 0 radical (unpaired) electrons. The van der Waals surface area contributed by atoms with Crippen molar-refractivity contribution in [1.29, 1.82) is 0 Å². The lowest BCUT2D eigenvalue weighted by Crippen LogP contribution is -2.52. The van der Waals surface area contributed by atoms with Gasteiger partial charge in [-0.25, -0.2) is 4.39 Å². The molecular weight excluding hydrogens is 261 g/mol. The van der Waals surface area contributed by atoms with Gasteiger partial charge >= 0.3 is 0 Å². The third-order valence-corrected chi connectivity index (χ3v) is 4.08. The minimum atomic E-state index is -0.488. The first kappa shape index (κ1) is 13.8. The van der Waals surface area contributed by atoms with Crippen LogP contribution in [0, 0.1) is 5.82 Å². The molecule has 2 fully saturated rings. The van der Waals surface area contributed by atoms with Crippen LogP contribution in [0.3, 0.4) is 0 Å². The zero-order chi connectivity index (χ0) is 14.0. The second kappa shape index (κ2) is 5.68. The van der Waals surface area contributed by atoms with Crippen LogP contribution in [0.4, 0.5) is 4.39 Å². The van der Waals surface area contributed by atoms with E-state index in [1.807, 2.05) is 7.05 Å². The summed E-state index contributed by atoms with van der Waals surface area (Å²) in [5, 5.41) is 3.28. The molecule has 0 amide bonds. The van der Waals surface area contributed by atoms with Crippen molar-refractivity contribution in [3.8, 4) is 5.75 Å². The second-order valence-electron chi connectivity index (χ2n) is 5.36. The quantitative estimate of drug-likeness (QED) is 0.921. The van der Waals surface area contributed by atoms with Crippen LogP contribution in [-0.4, -0.2) is 38.2 Å². The highest BCUT2D eigenvalue weighted by Crippen LogP contribution is 2.37. The highest BCUT2D eigenvalue weighted by molar-refractivity contribution is 5.22. The van der Waals surface area contributed by atoms with E-state index < -0.39 is 5.79 Å². The average molecular weight is 281 g/mol. The van der Waals surface area contributed by atoms with Gasteiger partial charge in [0, 0.05) is 18.9 Å². The predicted octanol–water partition coefficient (Wildman–Crippen LogP) is 2.09. The minimum absolute atomic E-state index is 0.0442. The highest BCUT2D eigenvalue weighted by atomic mass is 19.1. The van der Waals surface area contributed by atoms with Gasteiger partial charge < -0.3 is 19.5 Å². The summed E-state index contributed by atoms with van der Waals surface area (Å²) in [6.45, 7) is 1.29. The normalized spacial score (nSPS) is 28.7. The van der Waals surface area contributed by atoms with Crippen molar-refractivity contribution in [2.75, 3.05) is 20.3 Å². The maximum atomic E-state index is 12.9. The highest BCUT2D eigenvalue weighted by Gasteiger charge is 2.45. The number of ether oxygens (including phenoxy) is 3. The van der Waals surface area contributed by atoms with Crippen LogP contribution in [0.15, 0.2) is 24.3 Å². The van der Waals surface area contributed by atoms with Crippen molar-refractivity contribution in [3.05, 3.63) is 30.1 Å². The standard InChI is InChI=1S/C15H20FNO3/c1-17-13-6-7-15(18-8-9-19-15)10-14(13)20-12-4-2-11(16)3-5-12/h2-5,13-14,17H,6-10H2,1H3. The van der Waals surface area contributed by atoms with Gasteiger partial charge in [0.25, 0.3) is 0 Å². The van der Waals surface area contributed by atoms with Crippen LogP contribution < -0.4 is 10.1 Å². The summed E-state index contributed by atoms with van der Waals surface area (Å²) in [7, 11) is 1.93. The Bertz CT molecular complexity index is 445. The lowest BCUT2D eigenvalue weighted by atomic mass is 9.87. The molecule has 1 saturated carbocycles. The molecule has 1 saturated heterocycles. The molecule has 5 heteroatoms. The van der Waals surface area contributed by atoms with Crippen LogP contribution in [-0.2, 0) is 9.47 Å². The molecule has 2 unspecified atom stereocenters. The topological polar surface area (TPSA) is 39.7 Å². The lowest BCUT2D eigenvalue weighted by molar-refractivity contribution is -0.196. The summed E-state index contributed by atoms with van der Waals surface area (Å²) < 4.78 is 30.5. The molecule has 3 rings (SSSR count). The predicted molar refractivity (Wildman–Crippen MR) is 72.1 cm³/mol. The van der Waals surface area contributed by atoms with Gasteiger partial charge in [0.1, 0.15) is 17.7 Å². The molecule has 1 aromatic carbocycles. The largest absolute Gasteiger partial charge is 0.489 e. The zero-order valence-electron chi connectivity index (χ0n) is 11.6. The molecule has 20 heavy (non-hydrogen) atoms. The Kier molecular flexibility index (Phi) is 3.92. The van der Waals surface area contributed by atoms with Gasteiger partial charge in [-0.15, -0.1) is 0 Å². The monoisotopic (exact) mass is 281 g/mol. The molecule has 2 aliphatic rings. The first-order chi connectivity index (χ1) is 9.71. The number of hydrogen-bond acceptors (Lipinski definition) is 4. The number of rotatable bonds is 3. The van der Waals surface area contributed by atoms with Crippen molar-refractivity contribution in [2.45, 2.75) is 37.2 Å². The third kappa shape index (κ3) is 2.80. The molecule has 4 nitrogen and oxygen atoms in total. The van der Waals surface area contributed by atoms with E-state index >= 15 is 0 Å². The minimum Gasteiger partial charge on any atom is -0.489 e. The molecule has 1 N–H and O–H groups in total. The van der Waals surface area contributed by atoms with Gasteiger partial charge in [-0.1, -0.05) is 0 Å². The van der Waals surface area contributed by atoms with Gasteiger partial charge in [0.2, 0.25) is 0 Å². The van der Waals surface area contributed by atoms with Crippen molar-refractivity contribution in [3.63, 3.8) is 0 Å². The van der Waals surface area contributed by atoms with E-state index in [1.54, 1.807) is 12.1 Å². The van der Waals surface area contributed by atoms with Crippen LogP contribution in [0.5, 0.6) is 5.75 Å². The maximum Gasteiger partial charge on any atom is 0.172 e. The molecule has 0 bridgehead atoms. The van der Waals surface area contributed by atoms with Gasteiger partial charge in [-0.3, -0.25) is 0 Å². The lowest BCUT2D eigenvalue weighted by Gasteiger charge is -2.40. The fraction of sp³-hybridized carbons (Fsp3) is 0.600. The first-order valence-electron chi connectivity index (χ1n) is 7.08. The van der Waals surface area contributed by atoms with E-state index in [1.165, 1.54) is 12.1 Å². The smallest absolute Gasteiger partial charge is 0.172 e. The molecular formula is C15H20FNO3. The Morgan fingerprint density at radius 2 is 1.95 bits per heavy atom. The Morgan fingerprint density at radius 3 is 2.60 bits per heavy atom. The van der Waals surface area contributed by atoms with E-state index in [0.29, 0.717) is 25.4 Å². The van der Waals surface area contributed by atoms with Crippen LogP contribution >= 0.6 is 0 Å². The average Bonchev–Trinajstić information content (AvgIpc) is 2.90. The third-order valence-electron chi connectivity index (χ3n) is 4.08. The van der Waals surface area contributed by atoms with E-state index in [2.05, 4.69) is 5.32 Å². The Balaban J connectivity index is 1.72. The van der Waals surface area contributed by atoms with Crippen molar-refractivity contribution in [2.24, 2.45) is 0 Å². The van der Waals surface area contributed by atoms with E-state index in [0.717, 1.165) is 12.8 Å². The van der Waals surface area contributed by atoms with E-state index in [-0.39, 0.29) is 18.0 Å². The van der Waals surface area contributed by atoms with E-state index in [9.17, 15) is 4.39 Å². The fourth-order valence-electron chi connectivity index (χ4n) is 3.01. The summed E-state index contributed by atoms with van der Waals surface area (Å²) >= 11 is 0. The maximum absolute atomic E-state index is 12.9. The summed E-state index contributed by atoms with van der Waals surface area (Å²) in [6, 6.07) is 6.37. The molecule has 1 aliphatic carbocycles. The SMILES string of the molecule is CNC1CCC2(CC1Oc1ccc(F)cc1)OCCO2. The number of benzene rings is 1. The molecule has 1 aromatic rings. The van der Waals surface area contributed by atoms with Gasteiger partial charge in [0.05, 0.1) is 13.2 Å². The summed E-state index contributed by atoms with van der Waals surface area (Å²) in [4.78, 5) is 0. The van der Waals surface area contributed by atoms with Crippen molar-refractivity contribution < 1.29 is 18.6 Å². The number of halogens is 1. The summed E-state index contributed by atoms with van der Waals surface area (Å²) in [6.07, 6.45) is 2.46. The molecule has 1 spiro atoms. The second-order valence-corrected chi connectivity index (χ2v) is 5.36. The summed E-state index contributed by atoms with van der Waals surface area (Å²) in [5.74, 6) is -0.0744. The number of nitrogens with one attached hydrogen (secondary N) is 1. The summed E-state index contributed by atoms with van der Waals surface area (Å²) in [5.41, 5.74) is 0. The Morgan fingerprint density at radius 1 is 1.25 bits per heavy atom. The first-order valence-corrected chi connectivity index (χ1v) is 7.08. The number of likely N-dealkylation sites (N-methyl/N-ethyl adjacent to an activating group) is 1. The Hall–Kier alpha value is -1.17. The van der Waals surface area contributed by atoms with Crippen LogP contribution in [0.25, 0.3) is 0 Å². The molecule has 2 atom stereocenters. The Labute approximate surface area is 118 Å². The molecule has 110 valence electrons. The van der Waals surface area contributed by atoms with Crippen molar-refractivity contribution >= 4 is 0 Å². The number of hydrogen-bond donors (Lipinski definition) is 1. The molecule has 1 heterocycles. The van der Waals surface area contributed by atoms with Gasteiger partial charge in [0.15, 0.2) is 5.79 Å². The fourth-order valence-corrected chi connectivity index (χ4v) is 3.01. The van der Waals surface area contributed by atoms with Crippen LogP contribution in [0.2, 0.25) is 0 Å². The van der Waals surface area contributed by atoms with E-state index in [4.69, 9.17) is 14.2 Å². The zero-order valence-corrected chi connectivity index (χ0v) is 11.6. The molecule has 1 aliphatic heterocycles. The van der Waals surface area contributed by atoms with Gasteiger partial charge in [-0.2, -0.15) is 0 Å². The van der Waals surface area contributed by atoms with Gasteiger partial charge in [-0.05, 0) is 37.7 Å². The van der Waals surface area contributed by atoms with Crippen molar-refractivity contribution in [1.82, 2.24) is 5.32 Å². The van der Waals surface area contributed by atoms with Crippen LogP contribution in [0.1, 0.15) is 19.3 Å². The molecule has 0 aromatic heterocycles.